The minimum absolute atomic E-state index is 0.0151. The van der Waals surface area contributed by atoms with Crippen molar-refractivity contribution in [1.29, 1.82) is 0 Å². The Kier molecular flexibility index (Phi) is 25.1. The number of thiol groups is 2. The summed E-state index contributed by atoms with van der Waals surface area (Å²) >= 11 is 9.41. The number of benzene rings is 1. The Balaban J connectivity index is 1.74. The third-order valence-electron chi connectivity index (χ3n) is 11.6. The number of guanidine groups is 1. The molecule has 9 amide bonds. The average molecular weight is 1050 g/mol. The highest BCUT2D eigenvalue weighted by molar-refractivity contribution is 7.98. The summed E-state index contributed by atoms with van der Waals surface area (Å²) in [5.41, 5.74) is 22.5. The number of carbonyl (C=O) groups is 10. The Morgan fingerprint density at radius 3 is 1.96 bits per heavy atom. The molecule has 2 heterocycles. The van der Waals surface area contributed by atoms with Crippen LogP contribution >= 0.6 is 37.0 Å². The van der Waals surface area contributed by atoms with Crippen molar-refractivity contribution >= 4 is 102 Å². The van der Waals surface area contributed by atoms with E-state index in [-0.39, 0.29) is 94.2 Å². The molecule has 0 saturated carbocycles. The lowest BCUT2D eigenvalue weighted by atomic mass is 10.0. The molecule has 2 aliphatic rings. The second-order valence-corrected chi connectivity index (χ2v) is 18.6. The maximum Gasteiger partial charge on any atom is 0.327 e. The zero-order chi connectivity index (χ0) is 52.8. The summed E-state index contributed by atoms with van der Waals surface area (Å²) in [5.74, 6) is -7.96. The molecule has 0 aromatic heterocycles. The highest BCUT2D eigenvalue weighted by Crippen LogP contribution is 2.26. The molecule has 2 saturated heterocycles. The third-order valence-corrected chi connectivity index (χ3v) is 13.0. The van der Waals surface area contributed by atoms with Gasteiger partial charge in [0.25, 0.3) is 0 Å². The zero-order valence-corrected chi connectivity index (χ0v) is 42.0. The molecule has 1 aromatic carbocycles. The van der Waals surface area contributed by atoms with Gasteiger partial charge in [-0.2, -0.15) is 37.0 Å². The Morgan fingerprint density at radius 2 is 1.35 bits per heavy atom. The van der Waals surface area contributed by atoms with Crippen molar-refractivity contribution in [3.63, 3.8) is 0 Å². The van der Waals surface area contributed by atoms with Crippen LogP contribution in [0.25, 0.3) is 0 Å². The van der Waals surface area contributed by atoms with Crippen LogP contribution in [-0.2, 0) is 54.4 Å². The highest BCUT2D eigenvalue weighted by atomic mass is 32.2. The minimum atomic E-state index is -1.40. The molecule has 71 heavy (non-hydrogen) atoms. The normalized spacial score (nSPS) is 17.8. The summed E-state index contributed by atoms with van der Waals surface area (Å²) in [6.45, 7) is -0.263. The lowest BCUT2D eigenvalue weighted by Crippen LogP contribution is -2.59. The van der Waals surface area contributed by atoms with Crippen LogP contribution in [0.1, 0.15) is 63.4 Å². The van der Waals surface area contributed by atoms with E-state index in [9.17, 15) is 58.2 Å². The highest BCUT2D eigenvalue weighted by Gasteiger charge is 2.44. The summed E-state index contributed by atoms with van der Waals surface area (Å²) in [7, 11) is 0. The largest absolute Gasteiger partial charge is 0.508 e. The first-order valence-corrected chi connectivity index (χ1v) is 25.6. The molecule has 0 radical (unpaired) electrons. The maximum absolute atomic E-state index is 14.2. The van der Waals surface area contributed by atoms with E-state index in [0.29, 0.717) is 24.2 Å². The molecule has 0 unspecified atom stereocenters. The Hall–Kier alpha value is -6.00. The number of primary amides is 1. The monoisotopic (exact) mass is 1050 g/mol. The molecule has 2 aliphatic heterocycles. The predicted octanol–water partition coefficient (Wildman–Crippen LogP) is -4.20. The fraction of sp³-hybridized carbons (Fsp3) is 0.605. The van der Waals surface area contributed by atoms with Crippen molar-refractivity contribution < 1.29 is 58.2 Å². The van der Waals surface area contributed by atoms with Crippen LogP contribution in [0.2, 0.25) is 0 Å². The molecule has 3 rings (SSSR count). The van der Waals surface area contributed by atoms with Crippen molar-refractivity contribution in [2.75, 3.05) is 49.7 Å². The van der Waals surface area contributed by atoms with Gasteiger partial charge in [-0.05, 0) is 81.1 Å². The van der Waals surface area contributed by atoms with Gasteiger partial charge >= 0.3 is 5.97 Å². The molecule has 25 nitrogen and oxygen atoms in total. The number of nitrogens with one attached hydrogen (secondary N) is 6. The van der Waals surface area contributed by atoms with Crippen LogP contribution in [0.3, 0.4) is 0 Å². The summed E-state index contributed by atoms with van der Waals surface area (Å²) in [6.07, 6.45) is 2.89. The Morgan fingerprint density at radius 1 is 0.746 bits per heavy atom. The first-order chi connectivity index (χ1) is 33.7. The van der Waals surface area contributed by atoms with Crippen LogP contribution in [-0.4, -0.2) is 183 Å². The first kappa shape index (κ1) is 59.3. The fourth-order valence-corrected chi connectivity index (χ4v) is 8.66. The van der Waals surface area contributed by atoms with E-state index in [1.54, 1.807) is 6.26 Å². The standard InChI is InChI=1S/C43H67N13O12S3/c1-71-18-14-27(51-39(64)31-6-3-16-55(31)41(66)32-7-4-17-56(32)40(65)28(12-13-33(45)58)52-35(60)25(44)21-69)36(61)49-20-34(59)50-26(5-2-15-48-43(46)47)37(62)53-29(19-23-8-10-24(57)11-9-23)38(63)54-30(22-70)42(67)68/h8-11,25-32,57,69-70H,2-7,12-22,44H2,1H3,(H2,45,58)(H,49,61)(H,50,59)(H,51,64)(H,52,60)(H,53,62)(H,54,63)(H,67,68)(H4,46,47,48)/t25-,26-,27-,28-,29-,30-,31-,32-/m0/s1. The van der Waals surface area contributed by atoms with E-state index in [2.05, 4.69) is 62.2 Å². The van der Waals surface area contributed by atoms with Gasteiger partial charge in [-0.15, -0.1) is 0 Å². The van der Waals surface area contributed by atoms with Gasteiger partial charge in [0.05, 0.1) is 12.6 Å². The van der Waals surface area contributed by atoms with Crippen molar-refractivity contribution in [2.45, 2.75) is 113 Å². The number of thioether (sulfide) groups is 1. The van der Waals surface area contributed by atoms with Crippen molar-refractivity contribution in [3.8, 4) is 5.75 Å². The number of aliphatic carboxylic acids is 1. The number of rotatable bonds is 29. The van der Waals surface area contributed by atoms with Gasteiger partial charge in [-0.25, -0.2) is 4.79 Å². The van der Waals surface area contributed by atoms with E-state index in [1.807, 2.05) is 0 Å². The van der Waals surface area contributed by atoms with Crippen molar-refractivity contribution in [2.24, 2.45) is 27.9 Å². The maximum atomic E-state index is 14.2. The molecule has 394 valence electrons. The number of amides is 9. The lowest BCUT2D eigenvalue weighted by Gasteiger charge is -2.33. The molecule has 0 aliphatic carbocycles. The van der Waals surface area contributed by atoms with Crippen LogP contribution in [0.4, 0.5) is 0 Å². The summed E-state index contributed by atoms with van der Waals surface area (Å²) < 4.78 is 0. The quantitative estimate of drug-likeness (QED) is 0.0157. The number of hydrogen-bond acceptors (Lipinski definition) is 16. The van der Waals surface area contributed by atoms with Gasteiger partial charge in [-0.3, -0.25) is 48.1 Å². The fourth-order valence-electron chi connectivity index (χ4n) is 7.78. The third kappa shape index (κ3) is 19.3. The number of phenolic OH excluding ortho intramolecular Hbond substituents is 1. The lowest BCUT2D eigenvalue weighted by molar-refractivity contribution is -0.148. The van der Waals surface area contributed by atoms with E-state index in [4.69, 9.17) is 22.9 Å². The first-order valence-electron chi connectivity index (χ1n) is 22.9. The zero-order valence-electron chi connectivity index (χ0n) is 39.4. The van der Waals surface area contributed by atoms with Gasteiger partial charge in [0.2, 0.25) is 53.2 Å². The number of nitrogens with zero attached hydrogens (tertiary/aromatic N) is 3. The summed E-state index contributed by atoms with van der Waals surface area (Å²) in [5, 5.41) is 34.5. The van der Waals surface area contributed by atoms with E-state index < -0.39 is 114 Å². The average Bonchev–Trinajstić information content (AvgIpc) is 4.04. The molecule has 1 aromatic rings. The van der Waals surface area contributed by atoms with Crippen LogP contribution in [0.5, 0.6) is 5.75 Å². The van der Waals surface area contributed by atoms with Gasteiger partial charge in [0, 0.05) is 44.0 Å². The number of phenols is 1. The number of nitrogens with two attached hydrogens (primary N) is 4. The Bertz CT molecular complexity index is 2080. The molecule has 0 spiro atoms. The van der Waals surface area contributed by atoms with E-state index in [0.717, 1.165) is 0 Å². The second kappa shape index (κ2) is 30.0. The number of carboxylic acid groups (broad SMARTS) is 1. The van der Waals surface area contributed by atoms with Crippen LogP contribution < -0.4 is 54.8 Å². The van der Waals surface area contributed by atoms with E-state index in [1.165, 1.54) is 45.8 Å². The van der Waals surface area contributed by atoms with Crippen LogP contribution in [0.15, 0.2) is 29.3 Å². The molecule has 8 atom stereocenters. The smallest absolute Gasteiger partial charge is 0.327 e. The van der Waals surface area contributed by atoms with Gasteiger partial charge in [-0.1, -0.05) is 12.1 Å². The SMILES string of the molecule is CSCC[C@H](NC(=O)[C@@H]1CCCN1C(=O)[C@@H]1CCCN1C(=O)[C@H](CCC(N)=O)NC(=O)[C@@H](N)CS)C(=O)NCC(=O)N[C@@H](CCCN=C(N)N)C(=O)N[C@@H](Cc1ccc(O)cc1)C(=O)N[C@@H](CS)C(=O)O. The molecule has 2 fully saturated rings. The number of carboxylic acids is 1. The molecular formula is C43H67N13O12S3. The molecular weight excluding hydrogens is 987 g/mol. The van der Waals surface area contributed by atoms with Crippen molar-refractivity contribution in [3.05, 3.63) is 29.8 Å². The predicted molar refractivity (Wildman–Crippen MR) is 269 cm³/mol. The molecule has 16 N–H and O–H groups in total. The topological polar surface area (TPSA) is 406 Å². The second-order valence-electron chi connectivity index (χ2n) is 16.9. The summed E-state index contributed by atoms with van der Waals surface area (Å²) in [6, 6.07) is -3.81. The van der Waals surface area contributed by atoms with Gasteiger partial charge in [0.1, 0.15) is 48.0 Å². The molecule has 28 heteroatoms. The van der Waals surface area contributed by atoms with Gasteiger partial charge in [0.15, 0.2) is 5.96 Å². The van der Waals surface area contributed by atoms with Gasteiger partial charge < -0.3 is 74.8 Å². The van der Waals surface area contributed by atoms with Crippen LogP contribution in [0, 0.1) is 0 Å². The van der Waals surface area contributed by atoms with E-state index >= 15 is 0 Å². The number of aliphatic imine (C=N–C) groups is 1. The number of hydrogen-bond donors (Lipinski definition) is 14. The molecule has 0 bridgehead atoms. The minimum Gasteiger partial charge on any atom is -0.508 e. The summed E-state index contributed by atoms with van der Waals surface area (Å²) in [4.78, 5) is 139. The number of carbonyl (C=O) groups excluding carboxylic acids is 9. The Labute approximate surface area is 426 Å². The number of aromatic hydroxyl groups is 1. The number of likely N-dealkylation sites (tertiary alicyclic amines) is 2. The van der Waals surface area contributed by atoms with Crippen molar-refractivity contribution in [1.82, 2.24) is 41.7 Å².